The van der Waals surface area contributed by atoms with E-state index in [-0.39, 0.29) is 17.8 Å². The average molecular weight is 283 g/mol. The van der Waals surface area contributed by atoms with Crippen molar-refractivity contribution in [2.24, 2.45) is 0 Å². The van der Waals surface area contributed by atoms with Crippen molar-refractivity contribution in [3.63, 3.8) is 0 Å². The molecule has 2 N–H and O–H groups in total. The Morgan fingerprint density at radius 1 is 1.24 bits per heavy atom. The Morgan fingerprint density at radius 3 is 2.76 bits per heavy atom. The minimum absolute atomic E-state index is 0.177. The van der Waals surface area contributed by atoms with Crippen LogP contribution in [-0.2, 0) is 0 Å². The van der Waals surface area contributed by atoms with Gasteiger partial charge in [-0.25, -0.2) is 4.39 Å². The number of rotatable bonds is 3. The predicted octanol–water partition coefficient (Wildman–Crippen LogP) is 3.19. The number of amides is 1. The lowest BCUT2D eigenvalue weighted by Gasteiger charge is -2.14. The van der Waals surface area contributed by atoms with E-state index in [9.17, 15) is 9.18 Å². The van der Waals surface area contributed by atoms with E-state index in [0.717, 1.165) is 16.5 Å². The molecule has 3 rings (SSSR count). The Balaban J connectivity index is 1.77. The molecule has 4 nitrogen and oxygen atoms in total. The maximum absolute atomic E-state index is 12.9. The molecule has 5 heteroatoms. The lowest BCUT2D eigenvalue weighted by atomic mass is 10.1. The van der Waals surface area contributed by atoms with E-state index in [1.807, 2.05) is 13.0 Å². The highest BCUT2D eigenvalue weighted by atomic mass is 19.1. The molecule has 0 fully saturated rings. The summed E-state index contributed by atoms with van der Waals surface area (Å²) in [5.41, 5.74) is 2.23. The number of carbonyl (C=O) groups excluding carboxylic acids is 1. The van der Waals surface area contributed by atoms with E-state index in [2.05, 4.69) is 15.5 Å². The molecule has 0 saturated carbocycles. The monoisotopic (exact) mass is 283 g/mol. The summed E-state index contributed by atoms with van der Waals surface area (Å²) in [5.74, 6) is -0.467. The third kappa shape index (κ3) is 2.76. The molecule has 1 aromatic heterocycles. The number of fused-ring (bicyclic) bond motifs is 1. The summed E-state index contributed by atoms with van der Waals surface area (Å²) in [6.07, 6.45) is 1.71. The molecule has 0 aliphatic heterocycles. The number of H-pyrrole nitrogens is 1. The summed E-state index contributed by atoms with van der Waals surface area (Å²) in [7, 11) is 0. The molecule has 0 radical (unpaired) electrons. The van der Waals surface area contributed by atoms with Crippen LogP contribution in [-0.4, -0.2) is 16.1 Å². The number of nitrogens with zero attached hydrogens (tertiary/aromatic N) is 1. The highest BCUT2D eigenvalue weighted by Crippen LogP contribution is 2.16. The van der Waals surface area contributed by atoms with E-state index in [1.165, 1.54) is 12.1 Å². The van der Waals surface area contributed by atoms with Crippen LogP contribution in [0, 0.1) is 5.82 Å². The summed E-state index contributed by atoms with van der Waals surface area (Å²) in [4.78, 5) is 12.2. The molecule has 106 valence electrons. The maximum atomic E-state index is 12.9. The number of nitrogens with one attached hydrogen (secondary N) is 2. The van der Waals surface area contributed by atoms with Crippen molar-refractivity contribution in [2.75, 3.05) is 0 Å². The van der Waals surface area contributed by atoms with Gasteiger partial charge in [-0.2, -0.15) is 5.10 Å². The van der Waals surface area contributed by atoms with Crippen LogP contribution in [0.2, 0.25) is 0 Å². The lowest BCUT2D eigenvalue weighted by molar-refractivity contribution is 0.0940. The Bertz CT molecular complexity index is 780. The first-order valence-electron chi connectivity index (χ1n) is 6.63. The molecule has 1 heterocycles. The predicted molar refractivity (Wildman–Crippen MR) is 78.4 cm³/mol. The van der Waals surface area contributed by atoms with Crippen LogP contribution in [0.15, 0.2) is 48.7 Å². The van der Waals surface area contributed by atoms with E-state index < -0.39 is 0 Å². The van der Waals surface area contributed by atoms with Gasteiger partial charge in [-0.05, 0) is 36.8 Å². The van der Waals surface area contributed by atoms with Gasteiger partial charge < -0.3 is 5.32 Å². The summed E-state index contributed by atoms with van der Waals surface area (Å²) in [5, 5.41) is 10.6. The largest absolute Gasteiger partial charge is 0.346 e. The van der Waals surface area contributed by atoms with E-state index in [0.29, 0.717) is 5.56 Å². The molecule has 1 atom stereocenters. The second kappa shape index (κ2) is 5.36. The van der Waals surface area contributed by atoms with Gasteiger partial charge >= 0.3 is 0 Å². The van der Waals surface area contributed by atoms with Crippen molar-refractivity contribution in [1.82, 2.24) is 15.5 Å². The smallest absolute Gasteiger partial charge is 0.251 e. The zero-order valence-electron chi connectivity index (χ0n) is 11.4. The van der Waals surface area contributed by atoms with Gasteiger partial charge in [0.25, 0.3) is 5.91 Å². The highest BCUT2D eigenvalue weighted by Gasteiger charge is 2.12. The normalized spacial score (nSPS) is 12.3. The Hall–Kier alpha value is -2.69. The lowest BCUT2D eigenvalue weighted by Crippen LogP contribution is -2.26. The van der Waals surface area contributed by atoms with E-state index in [4.69, 9.17) is 0 Å². The van der Waals surface area contributed by atoms with E-state index >= 15 is 0 Å². The first kappa shape index (κ1) is 13.3. The first-order chi connectivity index (χ1) is 10.1. The molecule has 21 heavy (non-hydrogen) atoms. The fourth-order valence-electron chi connectivity index (χ4n) is 2.19. The molecular weight excluding hydrogens is 269 g/mol. The minimum Gasteiger partial charge on any atom is -0.346 e. The number of hydrogen-bond acceptors (Lipinski definition) is 2. The van der Waals surface area contributed by atoms with Crippen molar-refractivity contribution in [3.8, 4) is 0 Å². The summed E-state index contributed by atoms with van der Waals surface area (Å²) in [6, 6.07) is 11.3. The van der Waals surface area contributed by atoms with Crippen molar-refractivity contribution < 1.29 is 9.18 Å². The number of carbonyl (C=O) groups is 1. The van der Waals surface area contributed by atoms with E-state index in [1.54, 1.807) is 30.5 Å². The summed E-state index contributed by atoms with van der Waals surface area (Å²) < 4.78 is 12.9. The van der Waals surface area contributed by atoms with Crippen LogP contribution in [0.25, 0.3) is 10.9 Å². The maximum Gasteiger partial charge on any atom is 0.251 e. The molecule has 0 aliphatic rings. The van der Waals surface area contributed by atoms with Crippen LogP contribution in [0.5, 0.6) is 0 Å². The van der Waals surface area contributed by atoms with Crippen molar-refractivity contribution >= 4 is 16.8 Å². The van der Waals surface area contributed by atoms with Crippen molar-refractivity contribution in [3.05, 3.63) is 65.6 Å². The number of halogens is 1. The molecule has 1 unspecified atom stereocenters. The number of hydrogen-bond donors (Lipinski definition) is 2. The highest BCUT2D eigenvalue weighted by molar-refractivity contribution is 5.97. The zero-order chi connectivity index (χ0) is 14.8. The van der Waals surface area contributed by atoms with Gasteiger partial charge in [0.05, 0.1) is 17.8 Å². The van der Waals surface area contributed by atoms with Gasteiger partial charge in [-0.15, -0.1) is 0 Å². The fourth-order valence-corrected chi connectivity index (χ4v) is 2.19. The SMILES string of the molecule is CC(NC(=O)c1ccc2cn[nH]c2c1)c1ccc(F)cc1. The zero-order valence-corrected chi connectivity index (χ0v) is 11.4. The van der Waals surface area contributed by atoms with Crippen LogP contribution in [0.4, 0.5) is 4.39 Å². The van der Waals surface area contributed by atoms with Gasteiger partial charge in [0.15, 0.2) is 0 Å². The average Bonchev–Trinajstić information content (AvgIpc) is 2.95. The van der Waals surface area contributed by atoms with Crippen LogP contribution >= 0.6 is 0 Å². The summed E-state index contributed by atoms with van der Waals surface area (Å²) in [6.45, 7) is 1.86. The standard InChI is InChI=1S/C16H14FN3O/c1-10(11-4-6-14(17)7-5-11)19-16(21)12-2-3-13-9-18-20-15(13)8-12/h2-10H,1H3,(H,18,20)(H,19,21). The van der Waals surface area contributed by atoms with Gasteiger partial charge in [-0.1, -0.05) is 18.2 Å². The van der Waals surface area contributed by atoms with Gasteiger partial charge in [0.1, 0.15) is 5.82 Å². The first-order valence-corrected chi connectivity index (χ1v) is 6.63. The molecule has 0 bridgehead atoms. The quantitative estimate of drug-likeness (QED) is 0.775. The third-order valence-corrected chi connectivity index (χ3v) is 3.42. The van der Waals surface area contributed by atoms with Gasteiger partial charge in [0.2, 0.25) is 0 Å². The van der Waals surface area contributed by atoms with Crippen LogP contribution < -0.4 is 5.32 Å². The molecule has 0 aliphatic carbocycles. The Morgan fingerprint density at radius 2 is 2.00 bits per heavy atom. The molecule has 1 amide bonds. The second-order valence-corrected chi connectivity index (χ2v) is 4.92. The van der Waals surface area contributed by atoms with Crippen molar-refractivity contribution in [1.29, 1.82) is 0 Å². The number of benzene rings is 2. The van der Waals surface area contributed by atoms with Crippen molar-refractivity contribution in [2.45, 2.75) is 13.0 Å². The van der Waals surface area contributed by atoms with Gasteiger partial charge in [0, 0.05) is 10.9 Å². The second-order valence-electron chi connectivity index (χ2n) is 4.92. The van der Waals surface area contributed by atoms with Crippen LogP contribution in [0.3, 0.4) is 0 Å². The molecule has 0 spiro atoms. The fraction of sp³-hybridized carbons (Fsp3) is 0.125. The number of aromatic nitrogens is 2. The minimum atomic E-state index is -0.290. The van der Waals surface area contributed by atoms with Gasteiger partial charge in [-0.3, -0.25) is 9.89 Å². The topological polar surface area (TPSA) is 57.8 Å². The number of aromatic amines is 1. The third-order valence-electron chi connectivity index (χ3n) is 3.42. The van der Waals surface area contributed by atoms with Crippen LogP contribution in [0.1, 0.15) is 28.9 Å². The Labute approximate surface area is 121 Å². The Kier molecular flexibility index (Phi) is 3.39. The molecule has 3 aromatic rings. The molecular formula is C16H14FN3O. The molecule has 0 saturated heterocycles. The molecule has 2 aromatic carbocycles. The summed E-state index contributed by atoms with van der Waals surface area (Å²) >= 11 is 0.